The predicted molar refractivity (Wildman–Crippen MR) is 102 cm³/mol. The number of nitrogens with one attached hydrogen (secondary N) is 1. The van der Waals surface area contributed by atoms with Crippen molar-refractivity contribution >= 4 is 23.0 Å². The molecular weight excluding hydrogens is 332 g/mol. The molecule has 1 aliphatic rings. The number of hydrogen-bond donors (Lipinski definition) is 1. The van der Waals surface area contributed by atoms with E-state index in [2.05, 4.69) is 27.2 Å². The molecule has 1 aromatic carbocycles. The first-order valence-electron chi connectivity index (χ1n) is 8.70. The Morgan fingerprint density at radius 3 is 2.62 bits per heavy atom. The summed E-state index contributed by atoms with van der Waals surface area (Å²) < 4.78 is 0. The quantitative estimate of drug-likeness (QED) is 0.651. The Hall–Kier alpha value is -2.74. The van der Waals surface area contributed by atoms with Crippen LogP contribution in [0.15, 0.2) is 30.6 Å². The molecule has 1 aromatic heterocycles. The number of piperidine rings is 1. The van der Waals surface area contributed by atoms with Crippen LogP contribution in [0.4, 0.5) is 23.0 Å². The van der Waals surface area contributed by atoms with Gasteiger partial charge in [-0.15, -0.1) is 0 Å². The summed E-state index contributed by atoms with van der Waals surface area (Å²) in [6.07, 6.45) is 3.29. The van der Waals surface area contributed by atoms with E-state index < -0.39 is 4.92 Å². The number of hydrogen-bond acceptors (Lipinski definition) is 7. The van der Waals surface area contributed by atoms with E-state index in [9.17, 15) is 10.1 Å². The molecule has 0 spiro atoms. The lowest BCUT2D eigenvalue weighted by Crippen LogP contribution is -2.42. The van der Waals surface area contributed by atoms with E-state index in [-0.39, 0.29) is 17.5 Å². The van der Waals surface area contributed by atoms with Gasteiger partial charge in [-0.25, -0.2) is 9.97 Å². The standard InChI is InChI=1S/C18H24N6O2/c1-13-6-4-5-7-15(13)21-17-16(24(25)26)18(20-12-19-17)23(3)14-8-10-22(2)11-9-14/h4-7,12,14H,8-11H2,1-3H3,(H,19,20,21). The first-order valence-corrected chi connectivity index (χ1v) is 8.70. The number of nitrogens with zero attached hydrogens (tertiary/aromatic N) is 5. The SMILES string of the molecule is Cc1ccccc1Nc1ncnc(N(C)C2CCN(C)CC2)c1[N+](=O)[O-]. The molecule has 1 saturated heterocycles. The largest absolute Gasteiger partial charge is 0.353 e. The van der Waals surface area contributed by atoms with Crippen molar-refractivity contribution in [3.8, 4) is 0 Å². The molecule has 0 bridgehead atoms. The maximum atomic E-state index is 11.8. The fourth-order valence-electron chi connectivity index (χ4n) is 3.28. The lowest BCUT2D eigenvalue weighted by Gasteiger charge is -2.35. The van der Waals surface area contributed by atoms with Gasteiger partial charge in [-0.1, -0.05) is 18.2 Å². The Kier molecular flexibility index (Phi) is 5.32. The Labute approximate surface area is 153 Å². The Balaban J connectivity index is 1.93. The summed E-state index contributed by atoms with van der Waals surface area (Å²) in [5, 5.41) is 14.9. The molecule has 138 valence electrons. The zero-order valence-electron chi connectivity index (χ0n) is 15.3. The highest BCUT2D eigenvalue weighted by Crippen LogP contribution is 2.35. The monoisotopic (exact) mass is 356 g/mol. The molecule has 1 aliphatic heterocycles. The molecule has 2 heterocycles. The van der Waals surface area contributed by atoms with E-state index in [1.807, 2.05) is 43.1 Å². The number of para-hydroxylation sites is 1. The summed E-state index contributed by atoms with van der Waals surface area (Å²) in [6, 6.07) is 7.86. The third kappa shape index (κ3) is 3.75. The Bertz CT molecular complexity index is 789. The van der Waals surface area contributed by atoms with Gasteiger partial charge in [-0.2, -0.15) is 0 Å². The van der Waals surface area contributed by atoms with Crippen molar-refractivity contribution < 1.29 is 4.92 Å². The van der Waals surface area contributed by atoms with E-state index in [1.54, 1.807) is 0 Å². The van der Waals surface area contributed by atoms with Gasteiger partial charge in [-0.05, 0) is 51.5 Å². The molecule has 1 fully saturated rings. The van der Waals surface area contributed by atoms with Gasteiger partial charge in [0.1, 0.15) is 6.33 Å². The van der Waals surface area contributed by atoms with E-state index in [0.717, 1.165) is 37.2 Å². The number of likely N-dealkylation sites (tertiary alicyclic amines) is 1. The molecule has 0 unspecified atom stereocenters. The zero-order valence-corrected chi connectivity index (χ0v) is 15.3. The lowest BCUT2D eigenvalue weighted by molar-refractivity contribution is -0.383. The van der Waals surface area contributed by atoms with Crippen molar-refractivity contribution in [2.75, 3.05) is 37.4 Å². The summed E-state index contributed by atoms with van der Waals surface area (Å²) in [4.78, 5) is 24.0. The number of rotatable bonds is 5. The smallest absolute Gasteiger partial charge is 0.351 e. The number of anilines is 3. The van der Waals surface area contributed by atoms with Crippen LogP contribution >= 0.6 is 0 Å². The maximum Gasteiger partial charge on any atom is 0.353 e. The second-order valence-corrected chi connectivity index (χ2v) is 6.74. The minimum atomic E-state index is -0.401. The molecule has 2 aromatic rings. The van der Waals surface area contributed by atoms with E-state index >= 15 is 0 Å². The van der Waals surface area contributed by atoms with Crippen LogP contribution in [0.2, 0.25) is 0 Å². The summed E-state index contributed by atoms with van der Waals surface area (Å²) in [7, 11) is 3.97. The Morgan fingerprint density at radius 2 is 1.96 bits per heavy atom. The van der Waals surface area contributed by atoms with Crippen LogP contribution in [-0.4, -0.2) is 53.0 Å². The van der Waals surface area contributed by atoms with Crippen LogP contribution in [-0.2, 0) is 0 Å². The minimum absolute atomic E-state index is 0.0859. The van der Waals surface area contributed by atoms with Crippen molar-refractivity contribution in [3.63, 3.8) is 0 Å². The average molecular weight is 356 g/mol. The second kappa shape index (κ2) is 7.65. The van der Waals surface area contributed by atoms with Crippen LogP contribution in [0, 0.1) is 17.0 Å². The van der Waals surface area contributed by atoms with Crippen LogP contribution < -0.4 is 10.2 Å². The molecule has 0 aliphatic carbocycles. The molecular formula is C18H24N6O2. The molecule has 0 radical (unpaired) electrons. The highest BCUT2D eigenvalue weighted by atomic mass is 16.6. The van der Waals surface area contributed by atoms with Gasteiger partial charge < -0.3 is 15.1 Å². The molecule has 0 atom stereocenters. The third-order valence-corrected chi connectivity index (χ3v) is 4.95. The van der Waals surface area contributed by atoms with Gasteiger partial charge in [0.2, 0.25) is 11.6 Å². The number of nitro groups is 1. The highest BCUT2D eigenvalue weighted by Gasteiger charge is 2.30. The molecule has 8 nitrogen and oxygen atoms in total. The summed E-state index contributed by atoms with van der Waals surface area (Å²) in [5.41, 5.74) is 1.70. The molecule has 0 amide bonds. The number of aryl methyl sites for hydroxylation is 1. The topological polar surface area (TPSA) is 87.4 Å². The van der Waals surface area contributed by atoms with Crippen molar-refractivity contribution in [1.29, 1.82) is 0 Å². The molecule has 8 heteroatoms. The first-order chi connectivity index (χ1) is 12.5. The van der Waals surface area contributed by atoms with Crippen LogP contribution in [0.1, 0.15) is 18.4 Å². The van der Waals surface area contributed by atoms with Gasteiger partial charge >= 0.3 is 5.69 Å². The van der Waals surface area contributed by atoms with Crippen LogP contribution in [0.5, 0.6) is 0 Å². The molecule has 26 heavy (non-hydrogen) atoms. The fourth-order valence-corrected chi connectivity index (χ4v) is 3.28. The minimum Gasteiger partial charge on any atom is -0.351 e. The van der Waals surface area contributed by atoms with Gasteiger partial charge in [0.25, 0.3) is 0 Å². The molecule has 0 saturated carbocycles. The molecule has 1 N–H and O–H groups in total. The van der Waals surface area contributed by atoms with Crippen LogP contribution in [0.25, 0.3) is 0 Å². The predicted octanol–water partition coefficient (Wildman–Crippen LogP) is 2.97. The Morgan fingerprint density at radius 1 is 1.27 bits per heavy atom. The van der Waals surface area contributed by atoms with Gasteiger partial charge in [0.15, 0.2) is 0 Å². The maximum absolute atomic E-state index is 11.8. The highest BCUT2D eigenvalue weighted by molar-refractivity contribution is 5.75. The number of benzene rings is 1. The fraction of sp³-hybridized carbons (Fsp3) is 0.444. The number of aromatic nitrogens is 2. The first kappa shape index (κ1) is 18.1. The second-order valence-electron chi connectivity index (χ2n) is 6.74. The summed E-state index contributed by atoms with van der Waals surface area (Å²) >= 11 is 0. The normalized spacial score (nSPS) is 15.7. The zero-order chi connectivity index (χ0) is 18.7. The van der Waals surface area contributed by atoms with Crippen molar-refractivity contribution in [2.45, 2.75) is 25.8 Å². The lowest BCUT2D eigenvalue weighted by atomic mass is 10.0. The third-order valence-electron chi connectivity index (χ3n) is 4.95. The van der Waals surface area contributed by atoms with E-state index in [4.69, 9.17) is 0 Å². The summed E-state index contributed by atoms with van der Waals surface area (Å²) in [5.74, 6) is 0.574. The van der Waals surface area contributed by atoms with Crippen molar-refractivity contribution in [1.82, 2.24) is 14.9 Å². The van der Waals surface area contributed by atoms with E-state index in [0.29, 0.717) is 5.82 Å². The van der Waals surface area contributed by atoms with Crippen LogP contribution in [0.3, 0.4) is 0 Å². The summed E-state index contributed by atoms with van der Waals surface area (Å²) in [6.45, 7) is 3.89. The van der Waals surface area contributed by atoms with E-state index in [1.165, 1.54) is 6.33 Å². The van der Waals surface area contributed by atoms with Gasteiger partial charge in [0, 0.05) is 18.8 Å². The molecule has 3 rings (SSSR count). The van der Waals surface area contributed by atoms with Gasteiger partial charge in [0.05, 0.1) is 4.92 Å². The van der Waals surface area contributed by atoms with Crippen molar-refractivity contribution in [3.05, 3.63) is 46.3 Å². The van der Waals surface area contributed by atoms with Crippen molar-refractivity contribution in [2.24, 2.45) is 0 Å². The average Bonchev–Trinajstić information content (AvgIpc) is 2.63. The van der Waals surface area contributed by atoms with Gasteiger partial charge in [-0.3, -0.25) is 10.1 Å².